The molecule has 1 aromatic rings. The Labute approximate surface area is 174 Å². The summed E-state index contributed by atoms with van der Waals surface area (Å²) in [7, 11) is -1.31. The van der Waals surface area contributed by atoms with Crippen molar-refractivity contribution in [3.8, 4) is 5.75 Å². The lowest BCUT2D eigenvalue weighted by Gasteiger charge is -2.15. The van der Waals surface area contributed by atoms with Gasteiger partial charge in [-0.05, 0) is 37.3 Å². The molecule has 0 spiro atoms. The van der Waals surface area contributed by atoms with Gasteiger partial charge in [0.25, 0.3) is 0 Å². The summed E-state index contributed by atoms with van der Waals surface area (Å²) in [6.45, 7) is 5.40. The highest BCUT2D eigenvalue weighted by atomic mass is 127. The van der Waals surface area contributed by atoms with E-state index in [-0.39, 0.29) is 35.5 Å². The smallest absolute Gasteiger partial charge is 0.191 e. The van der Waals surface area contributed by atoms with Gasteiger partial charge in [0, 0.05) is 31.5 Å². The molecule has 8 heteroatoms. The molecule has 0 amide bonds. The Morgan fingerprint density at radius 1 is 1.31 bits per heavy atom. The predicted octanol–water partition coefficient (Wildman–Crippen LogP) is 2.50. The van der Waals surface area contributed by atoms with Crippen LogP contribution >= 0.6 is 24.0 Å². The van der Waals surface area contributed by atoms with E-state index < -0.39 is 9.84 Å². The molecule has 0 radical (unpaired) electrons. The van der Waals surface area contributed by atoms with Gasteiger partial charge < -0.3 is 15.4 Å². The second kappa shape index (κ2) is 11.0. The Morgan fingerprint density at radius 2 is 2.04 bits per heavy atom. The summed E-state index contributed by atoms with van der Waals surface area (Å²) in [6, 6.07) is 6.17. The van der Waals surface area contributed by atoms with Crippen LogP contribution in [0.25, 0.3) is 0 Å². The van der Waals surface area contributed by atoms with E-state index in [1.807, 2.05) is 0 Å². The van der Waals surface area contributed by atoms with Crippen LogP contribution in [0.3, 0.4) is 0 Å². The van der Waals surface area contributed by atoms with Crippen molar-refractivity contribution in [2.45, 2.75) is 33.2 Å². The molecule has 1 aromatic carbocycles. The average molecular weight is 495 g/mol. The molecule has 0 heterocycles. The Morgan fingerprint density at radius 3 is 2.65 bits per heavy atom. The van der Waals surface area contributed by atoms with Gasteiger partial charge in [-0.15, -0.1) is 24.0 Å². The van der Waals surface area contributed by atoms with E-state index in [0.29, 0.717) is 25.0 Å². The largest absolute Gasteiger partial charge is 0.493 e. The Hall–Kier alpha value is -1.03. The Bertz CT molecular complexity index is 704. The highest BCUT2D eigenvalue weighted by Crippen LogP contribution is 2.30. The highest BCUT2D eigenvalue weighted by Gasteiger charge is 2.22. The van der Waals surface area contributed by atoms with Gasteiger partial charge in [0.15, 0.2) is 15.8 Å². The van der Waals surface area contributed by atoms with Crippen LogP contribution in [0.1, 0.15) is 30.9 Å². The molecule has 1 fully saturated rings. The van der Waals surface area contributed by atoms with Crippen LogP contribution in [0.4, 0.5) is 0 Å². The van der Waals surface area contributed by atoms with Gasteiger partial charge in [-0.1, -0.05) is 19.1 Å². The van der Waals surface area contributed by atoms with Crippen molar-refractivity contribution in [3.05, 3.63) is 29.3 Å². The number of rotatable bonds is 9. The fourth-order valence-corrected chi connectivity index (χ4v) is 3.00. The summed E-state index contributed by atoms with van der Waals surface area (Å²) in [5.74, 6) is 2.45. The lowest BCUT2D eigenvalue weighted by atomic mass is 10.1. The lowest BCUT2D eigenvalue weighted by Crippen LogP contribution is -2.39. The summed E-state index contributed by atoms with van der Waals surface area (Å²) < 4.78 is 29.0. The maximum Gasteiger partial charge on any atom is 0.191 e. The van der Waals surface area contributed by atoms with E-state index in [0.717, 1.165) is 17.9 Å². The number of hydrogen-bond donors (Lipinski definition) is 2. The number of halogens is 1. The number of nitrogens with one attached hydrogen (secondary N) is 2. The third kappa shape index (κ3) is 8.11. The van der Waals surface area contributed by atoms with Crippen LogP contribution in [-0.2, 0) is 16.4 Å². The second-order valence-electron chi connectivity index (χ2n) is 6.45. The minimum atomic E-state index is -2.98. The molecular formula is C18H30IN3O3S. The molecule has 0 saturated heterocycles. The van der Waals surface area contributed by atoms with Crippen LogP contribution in [0, 0.1) is 12.8 Å². The highest BCUT2D eigenvalue weighted by molar-refractivity contribution is 14.0. The van der Waals surface area contributed by atoms with Crippen LogP contribution in [0.5, 0.6) is 5.75 Å². The number of nitrogens with zero attached hydrogens (tertiary/aromatic N) is 1. The first-order valence-electron chi connectivity index (χ1n) is 8.80. The van der Waals surface area contributed by atoms with Crippen molar-refractivity contribution < 1.29 is 13.2 Å². The fraction of sp³-hybridized carbons (Fsp3) is 0.611. The molecular weight excluding hydrogens is 465 g/mol. The van der Waals surface area contributed by atoms with Crippen LogP contribution < -0.4 is 15.4 Å². The van der Waals surface area contributed by atoms with Gasteiger partial charge in [0.1, 0.15) is 5.75 Å². The molecule has 148 valence electrons. The summed E-state index contributed by atoms with van der Waals surface area (Å²) >= 11 is 0. The van der Waals surface area contributed by atoms with Gasteiger partial charge in [-0.25, -0.2) is 8.42 Å². The first kappa shape index (κ1) is 23.0. The van der Waals surface area contributed by atoms with E-state index in [2.05, 4.69) is 40.7 Å². The van der Waals surface area contributed by atoms with Crippen LogP contribution in [0.15, 0.2) is 23.2 Å². The number of aryl methyl sites for hydroxylation is 1. The van der Waals surface area contributed by atoms with Gasteiger partial charge in [-0.3, -0.25) is 4.99 Å². The van der Waals surface area contributed by atoms with E-state index in [4.69, 9.17) is 4.74 Å². The predicted molar refractivity (Wildman–Crippen MR) is 117 cm³/mol. The summed E-state index contributed by atoms with van der Waals surface area (Å²) in [5, 5.41) is 6.26. The molecule has 1 saturated carbocycles. The molecule has 0 atom stereocenters. The fourth-order valence-electron chi connectivity index (χ4n) is 2.30. The topological polar surface area (TPSA) is 79.8 Å². The number of ether oxygens (including phenoxy) is 1. The molecule has 2 N–H and O–H groups in total. The zero-order valence-electron chi connectivity index (χ0n) is 15.7. The average Bonchev–Trinajstić information content (AvgIpc) is 3.41. The third-order valence-electron chi connectivity index (χ3n) is 4.21. The Balaban J connectivity index is 0.00000338. The third-order valence-corrected chi connectivity index (χ3v) is 5.92. The summed E-state index contributed by atoms with van der Waals surface area (Å²) in [6.07, 6.45) is 2.52. The van der Waals surface area contributed by atoms with Crippen molar-refractivity contribution in [2.75, 3.05) is 31.7 Å². The van der Waals surface area contributed by atoms with Crippen molar-refractivity contribution in [3.63, 3.8) is 0 Å². The lowest BCUT2D eigenvalue weighted by molar-refractivity contribution is 0.296. The van der Waals surface area contributed by atoms with Crippen LogP contribution in [0.2, 0.25) is 0 Å². The molecule has 0 aromatic heterocycles. The van der Waals surface area contributed by atoms with Gasteiger partial charge in [0.2, 0.25) is 0 Å². The van der Waals surface area contributed by atoms with Gasteiger partial charge >= 0.3 is 0 Å². The molecule has 2 rings (SSSR count). The van der Waals surface area contributed by atoms with E-state index in [1.165, 1.54) is 18.4 Å². The van der Waals surface area contributed by atoms with Crippen LogP contribution in [-0.4, -0.2) is 46.1 Å². The number of sulfone groups is 1. The summed E-state index contributed by atoms with van der Waals surface area (Å²) in [4.78, 5) is 4.14. The number of benzene rings is 1. The van der Waals surface area contributed by atoms with E-state index >= 15 is 0 Å². The molecule has 1 aliphatic rings. The van der Waals surface area contributed by atoms with Crippen molar-refractivity contribution in [2.24, 2.45) is 10.9 Å². The maximum absolute atomic E-state index is 11.5. The SMILES string of the molecule is CCS(=O)(=O)CCNC(=NC)NCc1ccc(C)cc1OCC1CC1.I. The standard InChI is InChI=1S/C18H29N3O3S.HI/c1-4-25(22,23)10-9-20-18(19-3)21-12-16-8-5-14(2)11-17(16)24-13-15-6-7-15;/h5,8,11,15H,4,6-7,9-10,12-13H2,1-3H3,(H2,19,20,21);1H. The van der Waals surface area contributed by atoms with Crippen molar-refractivity contribution >= 4 is 39.8 Å². The first-order valence-corrected chi connectivity index (χ1v) is 10.6. The van der Waals surface area contributed by atoms with Crippen molar-refractivity contribution in [1.29, 1.82) is 0 Å². The second-order valence-corrected chi connectivity index (χ2v) is 8.93. The Kier molecular flexibility index (Phi) is 9.70. The zero-order valence-corrected chi connectivity index (χ0v) is 18.9. The number of aliphatic imine (C=N–C) groups is 1. The quantitative estimate of drug-likeness (QED) is 0.313. The maximum atomic E-state index is 11.5. The molecule has 0 unspecified atom stereocenters. The number of guanidine groups is 1. The molecule has 1 aliphatic carbocycles. The monoisotopic (exact) mass is 495 g/mol. The molecule has 26 heavy (non-hydrogen) atoms. The minimum absolute atomic E-state index is 0. The molecule has 0 bridgehead atoms. The first-order chi connectivity index (χ1) is 11.9. The number of hydrogen-bond acceptors (Lipinski definition) is 4. The molecule has 0 aliphatic heterocycles. The summed E-state index contributed by atoms with van der Waals surface area (Å²) in [5.41, 5.74) is 2.23. The van der Waals surface area contributed by atoms with Gasteiger partial charge in [-0.2, -0.15) is 0 Å². The van der Waals surface area contributed by atoms with E-state index in [1.54, 1.807) is 14.0 Å². The minimum Gasteiger partial charge on any atom is -0.493 e. The van der Waals surface area contributed by atoms with Crippen molar-refractivity contribution in [1.82, 2.24) is 10.6 Å². The van der Waals surface area contributed by atoms with E-state index in [9.17, 15) is 8.42 Å². The molecule has 6 nitrogen and oxygen atoms in total. The zero-order chi connectivity index (χ0) is 18.3. The van der Waals surface area contributed by atoms with Gasteiger partial charge in [0.05, 0.1) is 12.4 Å². The normalized spacial score (nSPS) is 14.5.